The third kappa shape index (κ3) is 4.79. The van der Waals surface area contributed by atoms with Gasteiger partial charge in [-0.3, -0.25) is 9.59 Å². The van der Waals surface area contributed by atoms with Crippen LogP contribution in [0.5, 0.6) is 0 Å². The number of nitrogens with one attached hydrogen (secondary N) is 2. The van der Waals surface area contributed by atoms with Gasteiger partial charge in [-0.2, -0.15) is 0 Å². The molecule has 23 heavy (non-hydrogen) atoms. The van der Waals surface area contributed by atoms with E-state index in [4.69, 9.17) is 5.73 Å². The summed E-state index contributed by atoms with van der Waals surface area (Å²) in [5.74, 6) is 0.194. The first-order valence-corrected chi connectivity index (χ1v) is 8.43. The first-order chi connectivity index (χ1) is 11.1. The number of rotatable bonds is 8. The van der Waals surface area contributed by atoms with Crippen LogP contribution in [0, 0.1) is 11.8 Å². The topological polar surface area (TPSA) is 84.2 Å². The van der Waals surface area contributed by atoms with Crippen LogP contribution in [0.4, 0.5) is 0 Å². The molecule has 2 amide bonds. The van der Waals surface area contributed by atoms with Crippen LogP contribution in [0.25, 0.3) is 0 Å². The summed E-state index contributed by atoms with van der Waals surface area (Å²) in [4.78, 5) is 25.0. The fourth-order valence-electron chi connectivity index (χ4n) is 2.66. The Morgan fingerprint density at radius 2 is 1.87 bits per heavy atom. The molecule has 0 aliphatic heterocycles. The molecule has 5 heteroatoms. The van der Waals surface area contributed by atoms with Crippen molar-refractivity contribution in [3.63, 3.8) is 0 Å². The Balaban J connectivity index is 2.03. The average Bonchev–Trinajstić information content (AvgIpc) is 3.42. The highest BCUT2D eigenvalue weighted by atomic mass is 16.2. The third-order valence-corrected chi connectivity index (χ3v) is 4.59. The predicted octanol–water partition coefficient (Wildman–Crippen LogP) is 1.68. The Hall–Kier alpha value is -1.88. The lowest BCUT2D eigenvalue weighted by atomic mass is 9.97. The fourth-order valence-corrected chi connectivity index (χ4v) is 2.66. The van der Waals surface area contributed by atoms with Crippen molar-refractivity contribution in [2.75, 3.05) is 6.54 Å². The molecule has 4 N–H and O–H groups in total. The summed E-state index contributed by atoms with van der Waals surface area (Å²) < 4.78 is 0. The van der Waals surface area contributed by atoms with E-state index in [1.165, 1.54) is 0 Å². The van der Waals surface area contributed by atoms with Crippen molar-refractivity contribution < 1.29 is 9.59 Å². The highest BCUT2D eigenvalue weighted by Gasteiger charge is 2.34. The number of carbonyl (C=O) groups excluding carboxylic acids is 2. The molecule has 0 bridgehead atoms. The molecule has 1 aliphatic carbocycles. The third-order valence-electron chi connectivity index (χ3n) is 4.59. The normalized spacial score (nSPS) is 17.9. The molecule has 2 rings (SSSR count). The first kappa shape index (κ1) is 17.5. The van der Waals surface area contributed by atoms with Gasteiger partial charge in [-0.1, -0.05) is 38.5 Å². The van der Waals surface area contributed by atoms with Crippen molar-refractivity contribution >= 4 is 11.8 Å². The van der Waals surface area contributed by atoms with Crippen molar-refractivity contribution in [1.29, 1.82) is 0 Å². The fraction of sp³-hybridized carbons (Fsp3) is 0.556. The van der Waals surface area contributed by atoms with Crippen molar-refractivity contribution in [2.45, 2.75) is 45.2 Å². The van der Waals surface area contributed by atoms with Gasteiger partial charge >= 0.3 is 0 Å². The molecular weight excluding hydrogens is 290 g/mol. The molecule has 1 aliphatic rings. The van der Waals surface area contributed by atoms with Crippen LogP contribution in [0.1, 0.15) is 43.5 Å². The monoisotopic (exact) mass is 317 g/mol. The number of carbonyl (C=O) groups is 2. The molecule has 1 aromatic rings. The average molecular weight is 317 g/mol. The number of amides is 2. The van der Waals surface area contributed by atoms with Crippen LogP contribution >= 0.6 is 0 Å². The number of hydrogen-bond donors (Lipinski definition) is 3. The van der Waals surface area contributed by atoms with Crippen LogP contribution in [-0.2, 0) is 4.79 Å². The lowest BCUT2D eigenvalue weighted by Gasteiger charge is -2.26. The van der Waals surface area contributed by atoms with E-state index in [9.17, 15) is 9.59 Å². The van der Waals surface area contributed by atoms with E-state index < -0.39 is 6.04 Å². The van der Waals surface area contributed by atoms with Crippen molar-refractivity contribution in [3.8, 4) is 0 Å². The maximum Gasteiger partial charge on any atom is 0.251 e. The molecule has 126 valence electrons. The van der Waals surface area contributed by atoms with Crippen molar-refractivity contribution in [2.24, 2.45) is 17.6 Å². The highest BCUT2D eigenvalue weighted by Crippen LogP contribution is 2.32. The smallest absolute Gasteiger partial charge is 0.251 e. The lowest BCUT2D eigenvalue weighted by Crippen LogP contribution is -2.54. The minimum atomic E-state index is -0.541. The lowest BCUT2D eigenvalue weighted by molar-refractivity contribution is -0.125. The summed E-state index contributed by atoms with van der Waals surface area (Å²) in [5.41, 5.74) is 6.32. The number of hydrogen-bond acceptors (Lipinski definition) is 3. The van der Waals surface area contributed by atoms with E-state index in [0.29, 0.717) is 18.0 Å². The molecule has 1 saturated carbocycles. The van der Waals surface area contributed by atoms with Crippen LogP contribution in [-0.4, -0.2) is 30.4 Å². The standard InChI is InChI=1S/C18H27N3O2/c1-3-12(2)16(18(23)20-15(11-19)13-9-10-13)21-17(22)14-7-5-4-6-8-14/h4-8,12-13,15-16H,3,9-11,19H2,1-2H3,(H,20,23)(H,21,22). The maximum absolute atomic E-state index is 12.6. The Bertz CT molecular complexity index is 528. The largest absolute Gasteiger partial charge is 0.350 e. The molecule has 0 aromatic heterocycles. The van der Waals surface area contributed by atoms with Crippen LogP contribution in [0.3, 0.4) is 0 Å². The zero-order valence-corrected chi connectivity index (χ0v) is 13.9. The van der Waals surface area contributed by atoms with E-state index in [0.717, 1.165) is 19.3 Å². The molecule has 5 nitrogen and oxygen atoms in total. The summed E-state index contributed by atoms with van der Waals surface area (Å²) in [6, 6.07) is 8.44. The zero-order valence-electron chi connectivity index (χ0n) is 13.9. The number of benzene rings is 1. The van der Waals surface area contributed by atoms with E-state index >= 15 is 0 Å². The van der Waals surface area contributed by atoms with Crippen LogP contribution in [0.2, 0.25) is 0 Å². The first-order valence-electron chi connectivity index (χ1n) is 8.43. The summed E-state index contributed by atoms with van der Waals surface area (Å²) in [6.07, 6.45) is 3.04. The SMILES string of the molecule is CCC(C)C(NC(=O)c1ccccc1)C(=O)NC(CN)C1CC1. The maximum atomic E-state index is 12.6. The Morgan fingerprint density at radius 3 is 2.39 bits per heavy atom. The van der Waals surface area contributed by atoms with Crippen molar-refractivity contribution in [1.82, 2.24) is 10.6 Å². The van der Waals surface area contributed by atoms with E-state index in [1.807, 2.05) is 32.0 Å². The van der Waals surface area contributed by atoms with Crippen LogP contribution in [0.15, 0.2) is 30.3 Å². The van der Waals surface area contributed by atoms with Gasteiger partial charge in [0.1, 0.15) is 6.04 Å². The van der Waals surface area contributed by atoms with E-state index in [2.05, 4.69) is 10.6 Å². The van der Waals surface area contributed by atoms with Gasteiger partial charge in [0.25, 0.3) is 5.91 Å². The Morgan fingerprint density at radius 1 is 1.22 bits per heavy atom. The van der Waals surface area contributed by atoms with Crippen molar-refractivity contribution in [3.05, 3.63) is 35.9 Å². The molecule has 3 atom stereocenters. The Kier molecular flexibility index (Phi) is 6.16. The van der Waals surface area contributed by atoms with Gasteiger partial charge in [0, 0.05) is 18.2 Å². The van der Waals surface area contributed by atoms with Gasteiger partial charge in [0.15, 0.2) is 0 Å². The van der Waals surface area contributed by atoms with Gasteiger partial charge in [0.2, 0.25) is 5.91 Å². The molecule has 0 saturated heterocycles. The van der Waals surface area contributed by atoms with Gasteiger partial charge in [-0.05, 0) is 36.8 Å². The van der Waals surface area contributed by atoms with Crippen LogP contribution < -0.4 is 16.4 Å². The van der Waals surface area contributed by atoms with E-state index in [-0.39, 0.29) is 23.8 Å². The molecule has 0 radical (unpaired) electrons. The molecule has 1 aromatic carbocycles. The van der Waals surface area contributed by atoms with Gasteiger partial charge in [0.05, 0.1) is 0 Å². The molecule has 3 unspecified atom stereocenters. The molecular formula is C18H27N3O2. The summed E-state index contributed by atoms with van der Waals surface area (Å²) in [7, 11) is 0. The van der Waals surface area contributed by atoms with Gasteiger partial charge in [-0.25, -0.2) is 0 Å². The molecule has 0 spiro atoms. The zero-order chi connectivity index (χ0) is 16.8. The summed E-state index contributed by atoms with van der Waals surface area (Å²) >= 11 is 0. The van der Waals surface area contributed by atoms with Gasteiger partial charge in [-0.15, -0.1) is 0 Å². The number of nitrogens with two attached hydrogens (primary N) is 1. The Labute approximate surface area is 138 Å². The summed E-state index contributed by atoms with van der Waals surface area (Å²) in [5, 5.41) is 5.90. The molecule has 1 fully saturated rings. The minimum absolute atomic E-state index is 0.0164. The molecule has 0 heterocycles. The van der Waals surface area contributed by atoms with E-state index in [1.54, 1.807) is 12.1 Å². The highest BCUT2D eigenvalue weighted by molar-refractivity contribution is 5.97. The predicted molar refractivity (Wildman–Crippen MR) is 90.9 cm³/mol. The second-order valence-electron chi connectivity index (χ2n) is 6.39. The summed E-state index contributed by atoms with van der Waals surface area (Å²) in [6.45, 7) is 4.43. The minimum Gasteiger partial charge on any atom is -0.350 e. The quantitative estimate of drug-likeness (QED) is 0.682. The second kappa shape index (κ2) is 8.11. The van der Waals surface area contributed by atoms with Gasteiger partial charge < -0.3 is 16.4 Å². The second-order valence-corrected chi connectivity index (χ2v) is 6.39.